The third-order valence-corrected chi connectivity index (χ3v) is 5.10. The summed E-state index contributed by atoms with van der Waals surface area (Å²) in [6.07, 6.45) is 3.08. The lowest BCUT2D eigenvalue weighted by atomic mass is 9.89. The van der Waals surface area contributed by atoms with Crippen LogP contribution in [-0.4, -0.2) is 45.2 Å². The molecule has 148 valence electrons. The quantitative estimate of drug-likeness (QED) is 0.692. The number of piperidine rings is 1. The van der Waals surface area contributed by atoms with Crippen molar-refractivity contribution in [3.63, 3.8) is 0 Å². The van der Waals surface area contributed by atoms with E-state index in [0.717, 1.165) is 17.6 Å². The maximum atomic E-state index is 12.9. The molecule has 1 aliphatic rings. The molecule has 2 aromatic carbocycles. The second-order valence-corrected chi connectivity index (χ2v) is 6.95. The van der Waals surface area contributed by atoms with Crippen LogP contribution in [0.5, 0.6) is 0 Å². The van der Waals surface area contributed by atoms with Crippen LogP contribution in [0.2, 0.25) is 0 Å². The van der Waals surface area contributed by atoms with E-state index in [0.29, 0.717) is 24.6 Å². The lowest BCUT2D eigenvalue weighted by Crippen LogP contribution is -2.40. The molecule has 0 atom stereocenters. The highest BCUT2D eigenvalue weighted by Gasteiger charge is 2.28. The van der Waals surface area contributed by atoms with Crippen LogP contribution in [-0.2, 0) is 0 Å². The number of hydrogen-bond donors (Lipinski definition) is 1. The molecule has 3 aromatic rings. The third kappa shape index (κ3) is 4.16. The SMILES string of the molecule is O=C(c1n[nH]n(N=Cc2ccc(F)cc2)c1=O)N1CCC(c2ccccc2)CC1. The normalized spacial score (nSPS) is 15.1. The summed E-state index contributed by atoms with van der Waals surface area (Å²) in [7, 11) is 0. The zero-order valence-corrected chi connectivity index (χ0v) is 15.7. The molecule has 4 rings (SSSR count). The van der Waals surface area contributed by atoms with Crippen LogP contribution in [0.1, 0.15) is 40.4 Å². The van der Waals surface area contributed by atoms with Gasteiger partial charge in [-0.25, -0.2) is 4.39 Å². The molecular formula is C21H20FN5O2. The van der Waals surface area contributed by atoms with Crippen molar-refractivity contribution in [2.75, 3.05) is 13.1 Å². The third-order valence-electron chi connectivity index (χ3n) is 5.10. The van der Waals surface area contributed by atoms with Crippen molar-refractivity contribution in [2.45, 2.75) is 18.8 Å². The molecule has 8 heteroatoms. The molecule has 0 radical (unpaired) electrons. The van der Waals surface area contributed by atoms with Gasteiger partial charge in [-0.3, -0.25) is 9.59 Å². The second-order valence-electron chi connectivity index (χ2n) is 6.95. The van der Waals surface area contributed by atoms with E-state index in [1.807, 2.05) is 18.2 Å². The maximum Gasteiger partial charge on any atom is 0.320 e. The first-order valence-corrected chi connectivity index (χ1v) is 9.43. The summed E-state index contributed by atoms with van der Waals surface area (Å²) >= 11 is 0. The molecule has 1 amide bonds. The number of rotatable bonds is 4. The fourth-order valence-corrected chi connectivity index (χ4v) is 3.47. The van der Waals surface area contributed by atoms with Gasteiger partial charge in [0.05, 0.1) is 6.21 Å². The van der Waals surface area contributed by atoms with Crippen LogP contribution in [0.3, 0.4) is 0 Å². The number of halogens is 1. The molecule has 0 spiro atoms. The van der Waals surface area contributed by atoms with Gasteiger partial charge in [0.1, 0.15) is 5.82 Å². The van der Waals surface area contributed by atoms with E-state index in [4.69, 9.17) is 0 Å². The summed E-state index contributed by atoms with van der Waals surface area (Å²) in [5, 5.41) is 10.3. The van der Waals surface area contributed by atoms with E-state index < -0.39 is 11.5 Å². The first kappa shape index (κ1) is 18.8. The van der Waals surface area contributed by atoms with Gasteiger partial charge in [-0.05, 0) is 42.0 Å². The topological polar surface area (TPSA) is 83.3 Å². The first-order valence-electron chi connectivity index (χ1n) is 9.43. The van der Waals surface area contributed by atoms with Gasteiger partial charge in [0.2, 0.25) is 5.69 Å². The van der Waals surface area contributed by atoms with Gasteiger partial charge in [0, 0.05) is 13.1 Å². The van der Waals surface area contributed by atoms with E-state index in [2.05, 4.69) is 27.5 Å². The Balaban J connectivity index is 1.42. The maximum absolute atomic E-state index is 12.9. The number of likely N-dealkylation sites (tertiary alicyclic amines) is 1. The average molecular weight is 393 g/mol. The standard InChI is InChI=1S/C21H20FN5O2/c22-18-8-6-15(7-9-18)14-23-27-21(29)19(24-25-27)20(28)26-12-10-17(11-13-26)16-4-2-1-3-5-16/h1-9,14,17,25H,10-13H2. The predicted molar refractivity (Wildman–Crippen MR) is 107 cm³/mol. The summed E-state index contributed by atoms with van der Waals surface area (Å²) in [6, 6.07) is 15.9. The number of H-pyrrole nitrogens is 1. The molecule has 1 aromatic heterocycles. The van der Waals surface area contributed by atoms with Gasteiger partial charge in [-0.15, -0.1) is 9.89 Å². The molecule has 29 heavy (non-hydrogen) atoms. The molecule has 1 saturated heterocycles. The zero-order chi connectivity index (χ0) is 20.2. The monoisotopic (exact) mass is 393 g/mol. The minimum Gasteiger partial charge on any atom is -0.337 e. The Labute approximate surface area is 166 Å². The minimum atomic E-state index is -0.612. The molecule has 0 unspecified atom stereocenters. The zero-order valence-electron chi connectivity index (χ0n) is 15.7. The molecule has 0 saturated carbocycles. The molecule has 7 nitrogen and oxygen atoms in total. The van der Waals surface area contributed by atoms with Gasteiger partial charge in [-0.1, -0.05) is 42.5 Å². The molecule has 0 aliphatic carbocycles. The Morgan fingerprint density at radius 3 is 2.48 bits per heavy atom. The summed E-state index contributed by atoms with van der Waals surface area (Å²) in [5.74, 6) is -0.338. The average Bonchev–Trinajstić information content (AvgIpc) is 3.14. The van der Waals surface area contributed by atoms with Crippen molar-refractivity contribution < 1.29 is 9.18 Å². The Morgan fingerprint density at radius 1 is 1.10 bits per heavy atom. The van der Waals surface area contributed by atoms with Crippen LogP contribution < -0.4 is 5.56 Å². The highest BCUT2D eigenvalue weighted by atomic mass is 19.1. The highest BCUT2D eigenvalue weighted by Crippen LogP contribution is 2.28. The van der Waals surface area contributed by atoms with Crippen molar-refractivity contribution in [3.05, 3.63) is 87.6 Å². The van der Waals surface area contributed by atoms with Crippen molar-refractivity contribution >= 4 is 12.1 Å². The van der Waals surface area contributed by atoms with Gasteiger partial charge in [0.15, 0.2) is 0 Å². The van der Waals surface area contributed by atoms with Crippen LogP contribution in [0, 0.1) is 5.82 Å². The number of amides is 1. The number of carbonyl (C=O) groups excluding carboxylic acids is 1. The van der Waals surface area contributed by atoms with E-state index in [1.54, 1.807) is 4.90 Å². The van der Waals surface area contributed by atoms with Gasteiger partial charge in [0.25, 0.3) is 5.91 Å². The van der Waals surface area contributed by atoms with Crippen LogP contribution in [0.25, 0.3) is 0 Å². The van der Waals surface area contributed by atoms with E-state index in [9.17, 15) is 14.0 Å². The van der Waals surface area contributed by atoms with Crippen molar-refractivity contribution in [2.24, 2.45) is 5.10 Å². The number of nitrogens with one attached hydrogen (secondary N) is 1. The van der Waals surface area contributed by atoms with Crippen molar-refractivity contribution in [1.82, 2.24) is 20.0 Å². The van der Waals surface area contributed by atoms with Crippen LogP contribution >= 0.6 is 0 Å². The number of carbonyl (C=O) groups is 1. The summed E-state index contributed by atoms with van der Waals surface area (Å²) in [6.45, 7) is 1.15. The fraction of sp³-hybridized carbons (Fsp3) is 0.238. The van der Waals surface area contributed by atoms with Crippen molar-refractivity contribution in [1.29, 1.82) is 0 Å². The minimum absolute atomic E-state index is 0.181. The lowest BCUT2D eigenvalue weighted by molar-refractivity contribution is 0.0705. The largest absolute Gasteiger partial charge is 0.337 e. The Hall–Kier alpha value is -3.55. The molecular weight excluding hydrogens is 373 g/mol. The first-order chi connectivity index (χ1) is 14.1. The fourth-order valence-electron chi connectivity index (χ4n) is 3.47. The van der Waals surface area contributed by atoms with Crippen LogP contribution in [0.15, 0.2) is 64.5 Å². The summed E-state index contributed by atoms with van der Waals surface area (Å²) < 4.78 is 12.9. The number of aromatic amines is 1. The smallest absolute Gasteiger partial charge is 0.320 e. The van der Waals surface area contributed by atoms with Gasteiger partial charge in [-0.2, -0.15) is 10.3 Å². The van der Waals surface area contributed by atoms with E-state index >= 15 is 0 Å². The Morgan fingerprint density at radius 2 is 1.79 bits per heavy atom. The second kappa shape index (κ2) is 8.22. The molecule has 2 heterocycles. The molecule has 1 fully saturated rings. The van der Waals surface area contributed by atoms with Gasteiger partial charge >= 0.3 is 5.56 Å². The number of hydrogen-bond acceptors (Lipinski definition) is 4. The summed E-state index contributed by atoms with van der Waals surface area (Å²) in [4.78, 5) is 27.7. The number of nitrogens with zero attached hydrogens (tertiary/aromatic N) is 4. The predicted octanol–water partition coefficient (Wildman–Crippen LogP) is 2.61. The van der Waals surface area contributed by atoms with E-state index in [-0.39, 0.29) is 11.5 Å². The lowest BCUT2D eigenvalue weighted by Gasteiger charge is -2.31. The van der Waals surface area contributed by atoms with Gasteiger partial charge < -0.3 is 4.90 Å². The Bertz CT molecular complexity index is 1060. The number of aromatic nitrogens is 3. The number of benzene rings is 2. The molecule has 1 N–H and O–H groups in total. The highest BCUT2D eigenvalue weighted by molar-refractivity contribution is 5.92. The van der Waals surface area contributed by atoms with Crippen LogP contribution in [0.4, 0.5) is 4.39 Å². The van der Waals surface area contributed by atoms with Crippen molar-refractivity contribution in [3.8, 4) is 0 Å². The van der Waals surface area contributed by atoms with E-state index in [1.165, 1.54) is 36.0 Å². The summed E-state index contributed by atoms with van der Waals surface area (Å²) in [5.41, 5.74) is 1.10. The molecule has 1 aliphatic heterocycles. The molecule has 0 bridgehead atoms. The Kier molecular flexibility index (Phi) is 5.33.